The zero-order valence-electron chi connectivity index (χ0n) is 16.4. The number of hydrogen-bond donors (Lipinski definition) is 3. The minimum atomic E-state index is -3.67. The number of nitrogens with one attached hydrogen (secondary N) is 3. The van der Waals surface area contributed by atoms with E-state index in [-0.39, 0.29) is 30.3 Å². The first kappa shape index (κ1) is 21.6. The van der Waals surface area contributed by atoms with Crippen molar-refractivity contribution in [1.82, 2.24) is 19.8 Å². The molecule has 0 fully saturated rings. The van der Waals surface area contributed by atoms with Gasteiger partial charge in [-0.1, -0.05) is 17.7 Å². The number of rotatable bonds is 8. The molecule has 0 aliphatic heterocycles. The SMILES string of the molecule is Cc1ccc(S(=O)(=O)NCCC(=O)NCC(=O)Nc2c(C)nn(C)c2C)cc1. The Morgan fingerprint density at radius 2 is 1.71 bits per heavy atom. The van der Waals surface area contributed by atoms with Crippen LogP contribution in [0, 0.1) is 20.8 Å². The third kappa shape index (κ3) is 5.64. The zero-order valence-corrected chi connectivity index (χ0v) is 17.2. The van der Waals surface area contributed by atoms with E-state index in [0.29, 0.717) is 11.4 Å². The second-order valence-corrected chi connectivity index (χ2v) is 8.22. The standard InChI is InChI=1S/C18H25N5O4S/c1-12-5-7-15(8-6-12)28(26,27)20-10-9-16(24)19-11-17(25)21-18-13(2)22-23(4)14(18)3/h5-8,20H,9-11H2,1-4H3,(H,19,24)(H,21,25). The molecule has 0 saturated carbocycles. The number of amides is 2. The van der Waals surface area contributed by atoms with Gasteiger partial charge >= 0.3 is 0 Å². The number of carbonyl (C=O) groups is 2. The predicted octanol–water partition coefficient (Wildman–Crippen LogP) is 0.769. The number of sulfonamides is 1. The van der Waals surface area contributed by atoms with Gasteiger partial charge in [0.15, 0.2) is 0 Å². The molecule has 0 bridgehead atoms. The van der Waals surface area contributed by atoms with Gasteiger partial charge in [-0.2, -0.15) is 5.10 Å². The summed E-state index contributed by atoms with van der Waals surface area (Å²) in [6.45, 7) is 5.19. The quantitative estimate of drug-likeness (QED) is 0.597. The van der Waals surface area contributed by atoms with Crippen LogP contribution in [-0.2, 0) is 26.7 Å². The van der Waals surface area contributed by atoms with Crippen molar-refractivity contribution in [3.63, 3.8) is 0 Å². The summed E-state index contributed by atoms with van der Waals surface area (Å²) in [5.74, 6) is -0.811. The molecular weight excluding hydrogens is 382 g/mol. The third-order valence-electron chi connectivity index (χ3n) is 4.19. The Kier molecular flexibility index (Phi) is 6.92. The highest BCUT2D eigenvalue weighted by molar-refractivity contribution is 7.89. The fourth-order valence-corrected chi connectivity index (χ4v) is 3.54. The van der Waals surface area contributed by atoms with Gasteiger partial charge in [0.05, 0.1) is 28.5 Å². The van der Waals surface area contributed by atoms with Crippen molar-refractivity contribution in [1.29, 1.82) is 0 Å². The number of hydrogen-bond acceptors (Lipinski definition) is 5. The molecule has 9 nitrogen and oxygen atoms in total. The van der Waals surface area contributed by atoms with Crippen molar-refractivity contribution in [3.8, 4) is 0 Å². The van der Waals surface area contributed by atoms with E-state index in [1.807, 2.05) is 13.8 Å². The summed E-state index contributed by atoms with van der Waals surface area (Å²) in [6, 6.07) is 6.41. The highest BCUT2D eigenvalue weighted by Crippen LogP contribution is 2.17. The van der Waals surface area contributed by atoms with Gasteiger partial charge in [-0.05, 0) is 32.9 Å². The molecule has 3 N–H and O–H groups in total. The van der Waals surface area contributed by atoms with Crippen LogP contribution in [0.1, 0.15) is 23.4 Å². The van der Waals surface area contributed by atoms with Gasteiger partial charge in [-0.3, -0.25) is 14.3 Å². The van der Waals surface area contributed by atoms with E-state index in [1.165, 1.54) is 12.1 Å². The number of anilines is 1. The predicted molar refractivity (Wildman–Crippen MR) is 105 cm³/mol. The topological polar surface area (TPSA) is 122 Å². The summed E-state index contributed by atoms with van der Waals surface area (Å²) in [4.78, 5) is 24.0. The van der Waals surface area contributed by atoms with Crippen LogP contribution in [0.25, 0.3) is 0 Å². The van der Waals surface area contributed by atoms with Gasteiger partial charge < -0.3 is 10.6 Å². The van der Waals surface area contributed by atoms with Crippen LogP contribution in [0.15, 0.2) is 29.2 Å². The smallest absolute Gasteiger partial charge is 0.243 e. The molecule has 0 aliphatic carbocycles. The average Bonchev–Trinajstić information content (AvgIpc) is 2.86. The van der Waals surface area contributed by atoms with E-state index in [2.05, 4.69) is 20.5 Å². The molecule has 1 aromatic carbocycles. The summed E-state index contributed by atoms with van der Waals surface area (Å²) >= 11 is 0. The molecule has 0 aliphatic rings. The van der Waals surface area contributed by atoms with Crippen LogP contribution < -0.4 is 15.4 Å². The molecule has 1 aromatic heterocycles. The fourth-order valence-electron chi connectivity index (χ4n) is 2.51. The molecule has 0 unspecified atom stereocenters. The summed E-state index contributed by atoms with van der Waals surface area (Å²) in [5, 5.41) is 9.38. The molecule has 2 rings (SSSR count). The molecular formula is C18H25N5O4S. The third-order valence-corrected chi connectivity index (χ3v) is 5.67. The Morgan fingerprint density at radius 3 is 2.29 bits per heavy atom. The number of aromatic nitrogens is 2. The van der Waals surface area contributed by atoms with E-state index < -0.39 is 15.9 Å². The molecule has 2 aromatic rings. The normalized spacial score (nSPS) is 11.3. The molecule has 2 amide bonds. The Hall–Kier alpha value is -2.72. The highest BCUT2D eigenvalue weighted by Gasteiger charge is 2.15. The van der Waals surface area contributed by atoms with E-state index in [9.17, 15) is 18.0 Å². The van der Waals surface area contributed by atoms with Crippen molar-refractivity contribution in [3.05, 3.63) is 41.2 Å². The first-order chi connectivity index (χ1) is 13.1. The molecule has 0 saturated heterocycles. The highest BCUT2D eigenvalue weighted by atomic mass is 32.2. The van der Waals surface area contributed by atoms with Gasteiger partial charge in [0.2, 0.25) is 21.8 Å². The zero-order chi connectivity index (χ0) is 20.9. The lowest BCUT2D eigenvalue weighted by Crippen LogP contribution is -2.35. The van der Waals surface area contributed by atoms with E-state index in [4.69, 9.17) is 0 Å². The van der Waals surface area contributed by atoms with Crippen LogP contribution in [0.4, 0.5) is 5.69 Å². The number of aryl methyl sites for hydroxylation is 3. The van der Waals surface area contributed by atoms with Crippen molar-refractivity contribution < 1.29 is 18.0 Å². The Bertz CT molecular complexity index is 965. The maximum absolute atomic E-state index is 12.1. The lowest BCUT2D eigenvalue weighted by Gasteiger charge is -2.09. The Balaban J connectivity index is 1.76. The van der Waals surface area contributed by atoms with Gasteiger partial charge in [0.25, 0.3) is 0 Å². The van der Waals surface area contributed by atoms with Gasteiger partial charge in [-0.25, -0.2) is 13.1 Å². The second kappa shape index (κ2) is 8.98. The molecule has 10 heteroatoms. The Morgan fingerprint density at radius 1 is 1.07 bits per heavy atom. The molecule has 0 radical (unpaired) electrons. The monoisotopic (exact) mass is 407 g/mol. The van der Waals surface area contributed by atoms with Crippen LogP contribution in [0.2, 0.25) is 0 Å². The lowest BCUT2D eigenvalue weighted by molar-refractivity contribution is -0.124. The average molecular weight is 407 g/mol. The van der Waals surface area contributed by atoms with Crippen molar-refractivity contribution in [2.45, 2.75) is 32.1 Å². The second-order valence-electron chi connectivity index (χ2n) is 6.46. The summed E-state index contributed by atoms with van der Waals surface area (Å²) < 4.78 is 28.3. The van der Waals surface area contributed by atoms with E-state index >= 15 is 0 Å². The number of carbonyl (C=O) groups excluding carboxylic acids is 2. The maximum Gasteiger partial charge on any atom is 0.243 e. The molecule has 0 spiro atoms. The summed E-state index contributed by atoms with van der Waals surface area (Å²) in [5.41, 5.74) is 3.06. The van der Waals surface area contributed by atoms with Gasteiger partial charge in [0, 0.05) is 20.0 Å². The fraction of sp³-hybridized carbons (Fsp3) is 0.389. The first-order valence-electron chi connectivity index (χ1n) is 8.73. The van der Waals surface area contributed by atoms with E-state index in [0.717, 1.165) is 11.3 Å². The maximum atomic E-state index is 12.1. The van der Waals surface area contributed by atoms with Crippen molar-refractivity contribution in [2.24, 2.45) is 7.05 Å². The van der Waals surface area contributed by atoms with Gasteiger partial charge in [0.1, 0.15) is 0 Å². The van der Waals surface area contributed by atoms with Crippen LogP contribution in [-0.4, -0.2) is 43.1 Å². The lowest BCUT2D eigenvalue weighted by atomic mass is 10.2. The van der Waals surface area contributed by atoms with E-state index in [1.54, 1.807) is 30.8 Å². The summed E-state index contributed by atoms with van der Waals surface area (Å²) in [6.07, 6.45) is -0.0800. The van der Waals surface area contributed by atoms with Crippen LogP contribution in [0.3, 0.4) is 0 Å². The van der Waals surface area contributed by atoms with Crippen LogP contribution in [0.5, 0.6) is 0 Å². The van der Waals surface area contributed by atoms with Crippen molar-refractivity contribution in [2.75, 3.05) is 18.4 Å². The number of benzene rings is 1. The molecule has 1 heterocycles. The first-order valence-corrected chi connectivity index (χ1v) is 10.2. The molecule has 28 heavy (non-hydrogen) atoms. The van der Waals surface area contributed by atoms with Gasteiger partial charge in [-0.15, -0.1) is 0 Å². The minimum absolute atomic E-state index is 0.0650. The molecule has 0 atom stereocenters. The minimum Gasteiger partial charge on any atom is -0.347 e. The largest absolute Gasteiger partial charge is 0.347 e. The molecule has 152 valence electrons. The number of nitrogens with zero attached hydrogens (tertiary/aromatic N) is 2. The summed E-state index contributed by atoms with van der Waals surface area (Å²) in [7, 11) is -1.90. The Labute approximate surface area is 164 Å². The van der Waals surface area contributed by atoms with Crippen molar-refractivity contribution >= 4 is 27.5 Å². The van der Waals surface area contributed by atoms with Crippen LogP contribution >= 0.6 is 0 Å².